The van der Waals surface area contributed by atoms with Gasteiger partial charge in [0.05, 0.1) is 5.75 Å². The van der Waals surface area contributed by atoms with Crippen molar-refractivity contribution in [3.8, 4) is 0 Å². The Labute approximate surface area is 120 Å². The van der Waals surface area contributed by atoms with Crippen molar-refractivity contribution in [3.63, 3.8) is 0 Å². The van der Waals surface area contributed by atoms with Crippen LogP contribution >= 0.6 is 0 Å². The average molecular weight is 304 g/mol. The van der Waals surface area contributed by atoms with Crippen molar-refractivity contribution in [3.05, 3.63) is 0 Å². The molecule has 1 rings (SSSR count). The number of urea groups is 1. The molecule has 116 valence electrons. The molecule has 1 heterocycles. The second-order valence-electron chi connectivity index (χ2n) is 6.10. The van der Waals surface area contributed by atoms with Crippen LogP contribution in [0.2, 0.25) is 0 Å². The van der Waals surface area contributed by atoms with Gasteiger partial charge >= 0.3 is 6.03 Å². The molecule has 3 amide bonds. The number of nitrogens with one attached hydrogen (secondary N) is 1. The quantitative estimate of drug-likeness (QED) is 0.712. The fourth-order valence-electron chi connectivity index (χ4n) is 2.47. The third-order valence-corrected chi connectivity index (χ3v) is 4.23. The van der Waals surface area contributed by atoms with Gasteiger partial charge in [0.2, 0.25) is 0 Å². The second-order valence-corrected chi connectivity index (χ2v) is 8.36. The van der Waals surface area contributed by atoms with E-state index in [4.69, 9.17) is 0 Å². The molecule has 7 heteroatoms. The van der Waals surface area contributed by atoms with E-state index in [-0.39, 0.29) is 24.0 Å². The van der Waals surface area contributed by atoms with E-state index in [1.165, 1.54) is 4.90 Å². The molecule has 0 aromatic rings. The van der Waals surface area contributed by atoms with Gasteiger partial charge < -0.3 is 5.32 Å². The lowest BCUT2D eigenvalue weighted by molar-refractivity contribution is -0.127. The molecule has 20 heavy (non-hydrogen) atoms. The number of nitrogens with zero attached hydrogens (tertiary/aromatic N) is 1. The molecule has 0 unspecified atom stereocenters. The Bertz CT molecular complexity index is 473. The van der Waals surface area contributed by atoms with Crippen molar-refractivity contribution in [2.45, 2.75) is 39.7 Å². The van der Waals surface area contributed by atoms with Gasteiger partial charge in [-0.05, 0) is 24.7 Å². The summed E-state index contributed by atoms with van der Waals surface area (Å²) in [6.45, 7) is 6.58. The molecule has 0 spiro atoms. The summed E-state index contributed by atoms with van der Waals surface area (Å²) in [6.07, 6.45) is 2.19. The Kier molecular flexibility index (Phi) is 5.56. The van der Waals surface area contributed by atoms with Crippen LogP contribution in [0.3, 0.4) is 0 Å². The molecule has 0 aromatic heterocycles. The van der Waals surface area contributed by atoms with Crippen molar-refractivity contribution in [2.24, 2.45) is 11.8 Å². The third kappa shape index (κ3) is 5.11. The van der Waals surface area contributed by atoms with E-state index >= 15 is 0 Å². The Hall–Kier alpha value is -1.11. The van der Waals surface area contributed by atoms with Crippen molar-refractivity contribution in [1.29, 1.82) is 0 Å². The number of rotatable bonds is 7. The predicted molar refractivity (Wildman–Crippen MR) is 77.0 cm³/mol. The molecule has 6 nitrogen and oxygen atoms in total. The van der Waals surface area contributed by atoms with Crippen LogP contribution in [0, 0.1) is 11.8 Å². The molecule has 1 aliphatic rings. The highest BCUT2D eigenvalue weighted by molar-refractivity contribution is 7.90. The van der Waals surface area contributed by atoms with Crippen molar-refractivity contribution in [2.75, 3.05) is 18.6 Å². The van der Waals surface area contributed by atoms with Crippen molar-refractivity contribution >= 4 is 21.8 Å². The van der Waals surface area contributed by atoms with Gasteiger partial charge in [0.25, 0.3) is 5.91 Å². The van der Waals surface area contributed by atoms with E-state index in [9.17, 15) is 18.0 Å². The number of carbonyl (C=O) groups is 2. The first kappa shape index (κ1) is 16.9. The smallest absolute Gasteiger partial charge is 0.324 e. The van der Waals surface area contributed by atoms with Gasteiger partial charge in [-0.15, -0.1) is 0 Å². The first-order chi connectivity index (χ1) is 9.10. The molecule has 1 N–H and O–H groups in total. The summed E-state index contributed by atoms with van der Waals surface area (Å²) in [5.74, 6) is 0.332. The molecule has 0 aromatic carbocycles. The van der Waals surface area contributed by atoms with Crippen molar-refractivity contribution in [1.82, 2.24) is 10.2 Å². The Balaban J connectivity index is 2.58. The fourth-order valence-corrected chi connectivity index (χ4v) is 3.13. The monoisotopic (exact) mass is 304 g/mol. The largest absolute Gasteiger partial charge is 0.326 e. The van der Waals surface area contributed by atoms with E-state index in [0.29, 0.717) is 12.5 Å². The van der Waals surface area contributed by atoms with E-state index in [2.05, 4.69) is 19.2 Å². The van der Waals surface area contributed by atoms with Crippen LogP contribution in [0.5, 0.6) is 0 Å². The lowest BCUT2D eigenvalue weighted by Gasteiger charge is -2.19. The molecule has 1 fully saturated rings. The summed E-state index contributed by atoms with van der Waals surface area (Å²) in [5.41, 5.74) is 0. The molecule has 1 saturated heterocycles. The van der Waals surface area contributed by atoms with Crippen LogP contribution in [0.15, 0.2) is 0 Å². The van der Waals surface area contributed by atoms with Gasteiger partial charge in [-0.3, -0.25) is 9.69 Å². The van der Waals surface area contributed by atoms with Gasteiger partial charge in [-0.2, -0.15) is 0 Å². The fraction of sp³-hybridized carbons (Fsp3) is 0.846. The molecule has 0 saturated carbocycles. The molecular formula is C13H24N2O4S. The van der Waals surface area contributed by atoms with Crippen molar-refractivity contribution < 1.29 is 18.0 Å². The number of carbonyl (C=O) groups excluding carboxylic acids is 2. The second kappa shape index (κ2) is 6.56. The number of amides is 3. The van der Waals surface area contributed by atoms with Crippen LogP contribution in [-0.2, 0) is 14.6 Å². The van der Waals surface area contributed by atoms with Crippen LogP contribution in [0.25, 0.3) is 0 Å². The minimum atomic E-state index is -3.13. The first-order valence-corrected chi connectivity index (χ1v) is 8.95. The van der Waals surface area contributed by atoms with E-state index in [1.54, 1.807) is 0 Å². The highest BCUT2D eigenvalue weighted by Gasteiger charge is 2.38. The van der Waals surface area contributed by atoms with Gasteiger partial charge in [-0.1, -0.05) is 20.8 Å². The number of imide groups is 1. The maximum atomic E-state index is 12.1. The first-order valence-electron chi connectivity index (χ1n) is 6.89. The summed E-state index contributed by atoms with van der Waals surface area (Å²) in [7, 11) is -3.13. The van der Waals surface area contributed by atoms with Crippen LogP contribution in [-0.4, -0.2) is 49.9 Å². The average Bonchev–Trinajstić information content (AvgIpc) is 2.52. The number of sulfone groups is 1. The summed E-state index contributed by atoms with van der Waals surface area (Å²) in [6, 6.07) is -1.12. The van der Waals surface area contributed by atoms with Gasteiger partial charge in [0, 0.05) is 12.8 Å². The zero-order chi connectivity index (χ0) is 15.5. The minimum Gasteiger partial charge on any atom is -0.326 e. The van der Waals surface area contributed by atoms with E-state index in [1.807, 2.05) is 6.92 Å². The molecule has 2 atom stereocenters. The standard InChI is InChI=1S/C13H24N2O4S/c1-9(2)7-10(3)8-15-12(16)11(14-13(15)17)5-6-20(4,18)19/h9-11H,5-8H2,1-4H3,(H,14,17)/t10-,11+/m0/s1. The predicted octanol–water partition coefficient (Wildman–Crippen LogP) is 1.02. The lowest BCUT2D eigenvalue weighted by atomic mass is 9.98. The summed E-state index contributed by atoms with van der Waals surface area (Å²) in [4.78, 5) is 25.1. The molecule has 0 radical (unpaired) electrons. The highest BCUT2D eigenvalue weighted by Crippen LogP contribution is 2.17. The van der Waals surface area contributed by atoms with E-state index < -0.39 is 21.9 Å². The van der Waals surface area contributed by atoms with Crippen LogP contribution in [0.4, 0.5) is 4.79 Å². The maximum absolute atomic E-state index is 12.1. The molecular weight excluding hydrogens is 280 g/mol. The van der Waals surface area contributed by atoms with Gasteiger partial charge in [0.1, 0.15) is 15.9 Å². The Morgan fingerprint density at radius 1 is 1.25 bits per heavy atom. The molecule has 0 bridgehead atoms. The normalized spacial score (nSPS) is 21.4. The van der Waals surface area contributed by atoms with Crippen LogP contribution < -0.4 is 5.32 Å². The topological polar surface area (TPSA) is 83.6 Å². The number of hydrogen-bond acceptors (Lipinski definition) is 4. The lowest BCUT2D eigenvalue weighted by Crippen LogP contribution is -2.35. The Morgan fingerprint density at radius 2 is 1.85 bits per heavy atom. The third-order valence-electron chi connectivity index (χ3n) is 3.25. The Morgan fingerprint density at radius 3 is 2.35 bits per heavy atom. The zero-order valence-corrected chi connectivity index (χ0v) is 13.4. The number of hydrogen-bond donors (Lipinski definition) is 1. The molecule has 0 aliphatic carbocycles. The molecule has 1 aliphatic heterocycles. The van der Waals surface area contributed by atoms with E-state index in [0.717, 1.165) is 12.7 Å². The van der Waals surface area contributed by atoms with Gasteiger partial charge in [-0.25, -0.2) is 13.2 Å². The summed E-state index contributed by atoms with van der Waals surface area (Å²) in [5, 5.41) is 2.56. The highest BCUT2D eigenvalue weighted by atomic mass is 32.2. The minimum absolute atomic E-state index is 0.0981. The van der Waals surface area contributed by atoms with Crippen LogP contribution in [0.1, 0.15) is 33.6 Å². The zero-order valence-electron chi connectivity index (χ0n) is 12.5. The summed E-state index contributed by atoms with van der Waals surface area (Å²) < 4.78 is 22.2. The summed E-state index contributed by atoms with van der Waals surface area (Å²) >= 11 is 0. The van der Waals surface area contributed by atoms with Gasteiger partial charge in [0.15, 0.2) is 0 Å². The SMILES string of the molecule is CC(C)C[C@H](C)CN1C(=O)N[C@H](CCS(C)(=O)=O)C1=O. The maximum Gasteiger partial charge on any atom is 0.324 e.